The summed E-state index contributed by atoms with van der Waals surface area (Å²) in [5.41, 5.74) is 2.53. The van der Waals surface area contributed by atoms with E-state index >= 15 is 0 Å². The van der Waals surface area contributed by atoms with Crippen molar-refractivity contribution < 1.29 is 14.3 Å². The van der Waals surface area contributed by atoms with E-state index < -0.39 is 6.23 Å². The van der Waals surface area contributed by atoms with Crippen LogP contribution in [0, 0.1) is 0 Å². The maximum Gasteiger partial charge on any atom is 0.257 e. The zero-order chi connectivity index (χ0) is 18.6. The Labute approximate surface area is 158 Å². The van der Waals surface area contributed by atoms with E-state index in [1.807, 2.05) is 84.9 Å². The number of benzene rings is 3. The molecule has 3 aromatic rings. The summed E-state index contributed by atoms with van der Waals surface area (Å²) in [5.74, 6) is 1.20. The molecule has 4 nitrogen and oxygen atoms in total. The van der Waals surface area contributed by atoms with Crippen molar-refractivity contribution in [2.24, 2.45) is 0 Å². The quantitative estimate of drug-likeness (QED) is 0.673. The Balaban J connectivity index is 1.78. The predicted octanol–water partition coefficient (Wildman–Crippen LogP) is 4.80. The predicted molar refractivity (Wildman–Crippen MR) is 105 cm³/mol. The Bertz CT molecular complexity index is 950. The lowest BCUT2D eigenvalue weighted by Gasteiger charge is -2.35. The fourth-order valence-corrected chi connectivity index (χ4v) is 3.09. The fraction of sp³-hybridized carbons (Fsp3) is 0.0870. The van der Waals surface area contributed by atoms with Crippen molar-refractivity contribution in [3.05, 3.63) is 102 Å². The molecule has 0 radical (unpaired) electrons. The first kappa shape index (κ1) is 16.9. The number of hydrogen-bond donors (Lipinski definition) is 0. The van der Waals surface area contributed by atoms with Crippen molar-refractivity contribution in [1.82, 2.24) is 0 Å². The van der Waals surface area contributed by atoms with E-state index in [0.717, 1.165) is 22.6 Å². The van der Waals surface area contributed by atoms with Crippen LogP contribution in [0.25, 0.3) is 5.76 Å². The highest BCUT2D eigenvalue weighted by atomic mass is 16.5. The molecule has 0 saturated carbocycles. The molecule has 134 valence electrons. The van der Waals surface area contributed by atoms with Crippen LogP contribution in [-0.2, 0) is 9.53 Å². The molecule has 4 rings (SSSR count). The van der Waals surface area contributed by atoms with Crippen LogP contribution in [0.2, 0.25) is 0 Å². The molecule has 0 saturated heterocycles. The monoisotopic (exact) mass is 357 g/mol. The summed E-state index contributed by atoms with van der Waals surface area (Å²) in [6.07, 6.45) is 0.980. The van der Waals surface area contributed by atoms with Crippen LogP contribution in [0.1, 0.15) is 17.4 Å². The lowest BCUT2D eigenvalue weighted by molar-refractivity contribution is -0.117. The van der Waals surface area contributed by atoms with Gasteiger partial charge >= 0.3 is 0 Å². The van der Waals surface area contributed by atoms with E-state index in [-0.39, 0.29) is 5.91 Å². The summed E-state index contributed by atoms with van der Waals surface area (Å²) >= 11 is 0. The standard InChI is InChI=1S/C23H19NO3/c1-26-20-14-12-18(13-15-20)23-24(19-10-6-3-7-11-19)22(25)16-21(27-23)17-8-4-2-5-9-17/h2-16,23H,1H3. The van der Waals surface area contributed by atoms with Gasteiger partial charge in [-0.2, -0.15) is 0 Å². The Morgan fingerprint density at radius 3 is 2.11 bits per heavy atom. The Kier molecular flexibility index (Phi) is 4.62. The molecule has 3 aromatic carbocycles. The van der Waals surface area contributed by atoms with Crippen LogP contribution >= 0.6 is 0 Å². The maximum atomic E-state index is 13.0. The number of carbonyl (C=O) groups is 1. The molecule has 0 aliphatic carbocycles. The molecule has 27 heavy (non-hydrogen) atoms. The summed E-state index contributed by atoms with van der Waals surface area (Å²) in [6, 6.07) is 26.8. The van der Waals surface area contributed by atoms with Crippen LogP contribution in [0.15, 0.2) is 91.0 Å². The van der Waals surface area contributed by atoms with Gasteiger partial charge in [-0.3, -0.25) is 9.69 Å². The molecule has 0 N–H and O–H groups in total. The number of ether oxygens (including phenoxy) is 2. The molecular formula is C23H19NO3. The van der Waals surface area contributed by atoms with Crippen molar-refractivity contribution in [2.45, 2.75) is 6.23 Å². The van der Waals surface area contributed by atoms with E-state index in [9.17, 15) is 4.79 Å². The molecule has 1 aliphatic rings. The number of anilines is 1. The van der Waals surface area contributed by atoms with Gasteiger partial charge in [0.25, 0.3) is 5.91 Å². The SMILES string of the molecule is COc1ccc(C2OC(c3ccccc3)=CC(=O)N2c2ccccc2)cc1. The van der Waals surface area contributed by atoms with Crippen LogP contribution in [0.5, 0.6) is 5.75 Å². The number of methoxy groups -OCH3 is 1. The third-order valence-corrected chi connectivity index (χ3v) is 4.46. The average Bonchev–Trinajstić information content (AvgIpc) is 2.74. The number of para-hydroxylation sites is 1. The molecule has 1 atom stereocenters. The van der Waals surface area contributed by atoms with Crippen molar-refractivity contribution in [1.29, 1.82) is 0 Å². The fourth-order valence-electron chi connectivity index (χ4n) is 3.09. The third kappa shape index (κ3) is 3.42. The van der Waals surface area contributed by atoms with Gasteiger partial charge in [-0.1, -0.05) is 48.5 Å². The van der Waals surface area contributed by atoms with Gasteiger partial charge in [0.15, 0.2) is 0 Å². The first-order valence-electron chi connectivity index (χ1n) is 8.72. The largest absolute Gasteiger partial charge is 0.497 e. The van der Waals surface area contributed by atoms with Gasteiger partial charge in [-0.15, -0.1) is 0 Å². The van der Waals surface area contributed by atoms with Crippen molar-refractivity contribution in [3.63, 3.8) is 0 Å². The molecular weight excluding hydrogens is 338 g/mol. The van der Waals surface area contributed by atoms with E-state index in [1.165, 1.54) is 0 Å². The lowest BCUT2D eigenvalue weighted by Crippen LogP contribution is -2.38. The van der Waals surface area contributed by atoms with Gasteiger partial charge in [-0.25, -0.2) is 0 Å². The second kappa shape index (κ2) is 7.38. The van der Waals surface area contributed by atoms with E-state index in [2.05, 4.69) is 0 Å². The minimum absolute atomic E-state index is 0.118. The molecule has 0 aromatic heterocycles. The van der Waals surface area contributed by atoms with Crippen molar-refractivity contribution >= 4 is 17.4 Å². The molecule has 1 heterocycles. The normalized spacial score (nSPS) is 16.5. The zero-order valence-corrected chi connectivity index (χ0v) is 14.9. The van der Waals surface area contributed by atoms with Crippen LogP contribution in [-0.4, -0.2) is 13.0 Å². The molecule has 0 spiro atoms. The average molecular weight is 357 g/mol. The van der Waals surface area contributed by atoms with Gasteiger partial charge in [0, 0.05) is 22.9 Å². The minimum Gasteiger partial charge on any atom is -0.497 e. The summed E-state index contributed by atoms with van der Waals surface area (Å²) in [4.78, 5) is 14.7. The zero-order valence-electron chi connectivity index (χ0n) is 14.9. The van der Waals surface area contributed by atoms with E-state index in [1.54, 1.807) is 18.1 Å². The Hall–Kier alpha value is -3.53. The summed E-state index contributed by atoms with van der Waals surface area (Å²) in [5, 5.41) is 0. The molecule has 1 unspecified atom stereocenters. The minimum atomic E-state index is -0.564. The van der Waals surface area contributed by atoms with Crippen LogP contribution in [0.4, 0.5) is 5.69 Å². The number of nitrogens with zero attached hydrogens (tertiary/aromatic N) is 1. The topological polar surface area (TPSA) is 38.8 Å². The Morgan fingerprint density at radius 2 is 1.48 bits per heavy atom. The number of rotatable bonds is 4. The first-order chi connectivity index (χ1) is 13.3. The van der Waals surface area contributed by atoms with E-state index in [0.29, 0.717) is 5.76 Å². The summed E-state index contributed by atoms with van der Waals surface area (Å²) in [6.45, 7) is 0. The van der Waals surface area contributed by atoms with Crippen molar-refractivity contribution in [2.75, 3.05) is 12.0 Å². The van der Waals surface area contributed by atoms with Crippen LogP contribution in [0.3, 0.4) is 0 Å². The lowest BCUT2D eigenvalue weighted by atomic mass is 10.1. The Morgan fingerprint density at radius 1 is 0.852 bits per heavy atom. The van der Waals surface area contributed by atoms with Gasteiger partial charge in [0.2, 0.25) is 6.23 Å². The highest BCUT2D eigenvalue weighted by molar-refractivity contribution is 6.06. The highest BCUT2D eigenvalue weighted by Gasteiger charge is 2.32. The second-order valence-electron chi connectivity index (χ2n) is 6.16. The number of hydrogen-bond acceptors (Lipinski definition) is 3. The smallest absolute Gasteiger partial charge is 0.257 e. The van der Waals surface area contributed by atoms with Gasteiger partial charge in [-0.05, 0) is 36.4 Å². The van der Waals surface area contributed by atoms with Crippen LogP contribution < -0.4 is 9.64 Å². The number of amides is 1. The first-order valence-corrected chi connectivity index (χ1v) is 8.72. The van der Waals surface area contributed by atoms with Gasteiger partial charge < -0.3 is 9.47 Å². The third-order valence-electron chi connectivity index (χ3n) is 4.46. The van der Waals surface area contributed by atoms with E-state index in [4.69, 9.17) is 9.47 Å². The number of carbonyl (C=O) groups excluding carboxylic acids is 1. The molecule has 4 heteroatoms. The summed E-state index contributed by atoms with van der Waals surface area (Å²) < 4.78 is 11.5. The van der Waals surface area contributed by atoms with Crippen molar-refractivity contribution in [3.8, 4) is 5.75 Å². The molecule has 0 fully saturated rings. The molecule has 1 amide bonds. The molecule has 0 bridgehead atoms. The van der Waals surface area contributed by atoms with Gasteiger partial charge in [0.05, 0.1) is 7.11 Å². The summed E-state index contributed by atoms with van der Waals surface area (Å²) in [7, 11) is 1.63. The highest BCUT2D eigenvalue weighted by Crippen LogP contribution is 2.37. The maximum absolute atomic E-state index is 13.0. The van der Waals surface area contributed by atoms with Gasteiger partial charge in [0.1, 0.15) is 11.5 Å². The second-order valence-corrected chi connectivity index (χ2v) is 6.16. The molecule has 1 aliphatic heterocycles.